The summed E-state index contributed by atoms with van der Waals surface area (Å²) in [6, 6.07) is 8.88. The van der Waals surface area contributed by atoms with Crippen molar-refractivity contribution in [2.75, 3.05) is 5.32 Å². The van der Waals surface area contributed by atoms with Crippen molar-refractivity contribution in [2.45, 2.75) is 0 Å². The molecule has 0 saturated heterocycles. The van der Waals surface area contributed by atoms with Crippen LogP contribution in [0.25, 0.3) is 0 Å². The first-order chi connectivity index (χ1) is 9.01. The lowest BCUT2D eigenvalue weighted by atomic mass is 10.2. The molecule has 2 nitrogen and oxygen atoms in total. The Morgan fingerprint density at radius 1 is 1.11 bits per heavy atom. The molecule has 0 spiro atoms. The lowest BCUT2D eigenvalue weighted by Gasteiger charge is -2.11. The average Bonchev–Trinajstić information content (AvgIpc) is 2.34. The van der Waals surface area contributed by atoms with Gasteiger partial charge < -0.3 is 5.32 Å². The first kappa shape index (κ1) is 14.0. The number of nitrogens with one attached hydrogen (secondary N) is 1. The highest BCUT2D eigenvalue weighted by Gasteiger charge is 2.12. The van der Waals surface area contributed by atoms with Gasteiger partial charge in [0.15, 0.2) is 5.82 Å². The monoisotopic (exact) mass is 386 g/mol. The second-order valence-corrected chi connectivity index (χ2v) is 5.44. The molecule has 2 aromatic carbocycles. The predicted molar refractivity (Wildman–Crippen MR) is 76.2 cm³/mol. The molecule has 0 aromatic heterocycles. The summed E-state index contributed by atoms with van der Waals surface area (Å²) in [5.41, 5.74) is 0.873. The fraction of sp³-hybridized carbons (Fsp3) is 0. The van der Waals surface area contributed by atoms with Crippen LogP contribution < -0.4 is 5.32 Å². The minimum absolute atomic E-state index is 0.0796. The molecule has 2 aromatic rings. The van der Waals surface area contributed by atoms with E-state index in [1.807, 2.05) is 6.07 Å². The molecule has 0 saturated carbocycles. The van der Waals surface area contributed by atoms with E-state index in [2.05, 4.69) is 37.2 Å². The van der Waals surface area contributed by atoms with Crippen molar-refractivity contribution < 1.29 is 8.78 Å². The highest BCUT2D eigenvalue weighted by molar-refractivity contribution is 9.10. The van der Waals surface area contributed by atoms with Gasteiger partial charge in [0.25, 0.3) is 0 Å². The summed E-state index contributed by atoms with van der Waals surface area (Å²) in [6.45, 7) is 0. The predicted octanol–water partition coefficient (Wildman–Crippen LogP) is 5.11. The van der Waals surface area contributed by atoms with E-state index in [1.54, 1.807) is 18.2 Å². The van der Waals surface area contributed by atoms with Crippen LogP contribution in [0, 0.1) is 23.0 Å². The number of hydrogen-bond donors (Lipinski definition) is 1. The Hall–Kier alpha value is -1.45. The van der Waals surface area contributed by atoms with Crippen LogP contribution in [0.1, 0.15) is 5.56 Å². The Morgan fingerprint density at radius 2 is 1.84 bits per heavy atom. The second-order valence-electron chi connectivity index (χ2n) is 3.67. The SMILES string of the molecule is N#Cc1ccc(Br)cc1Nc1c(F)cc(F)cc1Br. The Bertz CT molecular complexity index is 658. The Kier molecular flexibility index (Phi) is 4.17. The van der Waals surface area contributed by atoms with Crippen molar-refractivity contribution in [1.29, 1.82) is 5.26 Å². The first-order valence-electron chi connectivity index (χ1n) is 5.12. The van der Waals surface area contributed by atoms with E-state index in [1.165, 1.54) is 0 Å². The Morgan fingerprint density at radius 3 is 2.47 bits per heavy atom. The second kappa shape index (κ2) is 5.68. The first-order valence-corrected chi connectivity index (χ1v) is 6.71. The number of nitrogens with zero attached hydrogens (tertiary/aromatic N) is 1. The van der Waals surface area contributed by atoms with Crippen LogP contribution in [0.4, 0.5) is 20.2 Å². The number of halogens is 4. The van der Waals surface area contributed by atoms with E-state index >= 15 is 0 Å². The molecule has 6 heteroatoms. The number of rotatable bonds is 2. The number of benzene rings is 2. The number of hydrogen-bond acceptors (Lipinski definition) is 2. The molecule has 0 fully saturated rings. The maximum Gasteiger partial charge on any atom is 0.150 e. The van der Waals surface area contributed by atoms with Gasteiger partial charge in [0.05, 0.1) is 16.9 Å². The maximum atomic E-state index is 13.7. The van der Waals surface area contributed by atoms with Crippen molar-refractivity contribution in [3.8, 4) is 6.07 Å². The average molecular weight is 388 g/mol. The van der Waals surface area contributed by atoms with Gasteiger partial charge in [0.1, 0.15) is 11.9 Å². The van der Waals surface area contributed by atoms with E-state index in [4.69, 9.17) is 5.26 Å². The van der Waals surface area contributed by atoms with Crippen LogP contribution in [0.15, 0.2) is 39.3 Å². The van der Waals surface area contributed by atoms with Gasteiger partial charge in [-0.05, 0) is 40.2 Å². The van der Waals surface area contributed by atoms with Crippen LogP contribution in [-0.2, 0) is 0 Å². The molecule has 0 aliphatic heterocycles. The van der Waals surface area contributed by atoms with Crippen molar-refractivity contribution in [1.82, 2.24) is 0 Å². The normalized spacial score (nSPS) is 10.1. The van der Waals surface area contributed by atoms with Gasteiger partial charge in [-0.2, -0.15) is 5.26 Å². The zero-order valence-electron chi connectivity index (χ0n) is 9.35. The Balaban J connectivity index is 2.48. The van der Waals surface area contributed by atoms with Crippen LogP contribution in [-0.4, -0.2) is 0 Å². The number of nitriles is 1. The molecule has 1 N–H and O–H groups in total. The molecule has 0 aliphatic rings. The quantitative estimate of drug-likeness (QED) is 0.777. The molecular formula is C13H6Br2F2N2. The molecule has 0 heterocycles. The van der Waals surface area contributed by atoms with Gasteiger partial charge in [-0.25, -0.2) is 8.78 Å². The molecule has 0 aliphatic carbocycles. The van der Waals surface area contributed by atoms with Crippen molar-refractivity contribution in [2.24, 2.45) is 0 Å². The molecule has 96 valence electrons. The molecule has 0 radical (unpaired) electrons. The molecule has 0 amide bonds. The highest BCUT2D eigenvalue weighted by Crippen LogP contribution is 2.32. The van der Waals surface area contributed by atoms with Crippen molar-refractivity contribution in [3.63, 3.8) is 0 Å². The zero-order valence-corrected chi connectivity index (χ0v) is 12.5. The van der Waals surface area contributed by atoms with Gasteiger partial charge in [0.2, 0.25) is 0 Å². The van der Waals surface area contributed by atoms with E-state index < -0.39 is 11.6 Å². The largest absolute Gasteiger partial charge is 0.351 e. The molecule has 0 unspecified atom stereocenters. The van der Waals surface area contributed by atoms with Gasteiger partial charge in [-0.15, -0.1) is 0 Å². The van der Waals surface area contributed by atoms with E-state index in [-0.39, 0.29) is 10.2 Å². The van der Waals surface area contributed by atoms with Crippen LogP contribution >= 0.6 is 31.9 Å². The maximum absolute atomic E-state index is 13.7. The third-order valence-corrected chi connectivity index (χ3v) is 3.49. The van der Waals surface area contributed by atoms with Crippen molar-refractivity contribution >= 4 is 43.2 Å². The fourth-order valence-electron chi connectivity index (χ4n) is 1.51. The van der Waals surface area contributed by atoms with Crippen LogP contribution in [0.3, 0.4) is 0 Å². The molecule has 2 rings (SSSR count). The summed E-state index contributed by atoms with van der Waals surface area (Å²) in [5, 5.41) is 11.8. The number of anilines is 2. The zero-order chi connectivity index (χ0) is 14.0. The van der Waals surface area contributed by atoms with E-state index in [9.17, 15) is 8.78 Å². The lowest BCUT2D eigenvalue weighted by molar-refractivity contribution is 0.584. The topological polar surface area (TPSA) is 35.8 Å². The van der Waals surface area contributed by atoms with Gasteiger partial charge >= 0.3 is 0 Å². The van der Waals surface area contributed by atoms with E-state index in [0.717, 1.165) is 16.6 Å². The fourth-order valence-corrected chi connectivity index (χ4v) is 2.38. The standard InChI is InChI=1S/C13H6Br2F2N2/c14-8-2-1-7(6-18)12(3-8)19-13-10(15)4-9(16)5-11(13)17/h1-5,19H. The van der Waals surface area contributed by atoms with Gasteiger partial charge in [-0.3, -0.25) is 0 Å². The summed E-state index contributed by atoms with van der Waals surface area (Å²) in [4.78, 5) is 0. The molecule has 19 heavy (non-hydrogen) atoms. The summed E-state index contributed by atoms with van der Waals surface area (Å²) in [6.07, 6.45) is 0. The van der Waals surface area contributed by atoms with Crippen molar-refractivity contribution in [3.05, 3.63) is 56.5 Å². The highest BCUT2D eigenvalue weighted by atomic mass is 79.9. The third-order valence-electron chi connectivity index (χ3n) is 2.37. The molecule has 0 bridgehead atoms. The van der Waals surface area contributed by atoms with Gasteiger partial charge in [0, 0.05) is 15.0 Å². The molecule has 0 atom stereocenters. The lowest BCUT2D eigenvalue weighted by Crippen LogP contribution is -1.98. The minimum atomic E-state index is -0.740. The summed E-state index contributed by atoms with van der Waals surface area (Å²) in [7, 11) is 0. The minimum Gasteiger partial charge on any atom is -0.351 e. The van der Waals surface area contributed by atoms with Gasteiger partial charge in [-0.1, -0.05) is 15.9 Å². The third kappa shape index (κ3) is 3.11. The smallest absolute Gasteiger partial charge is 0.150 e. The summed E-state index contributed by atoms with van der Waals surface area (Å²) < 4.78 is 27.7. The molecular weight excluding hydrogens is 382 g/mol. The van der Waals surface area contributed by atoms with Crippen LogP contribution in [0.2, 0.25) is 0 Å². The Labute approximate surface area is 125 Å². The summed E-state index contributed by atoms with van der Waals surface area (Å²) in [5.74, 6) is -1.42. The van der Waals surface area contributed by atoms with E-state index in [0.29, 0.717) is 11.3 Å². The summed E-state index contributed by atoms with van der Waals surface area (Å²) >= 11 is 6.36. The van der Waals surface area contributed by atoms with Crippen LogP contribution in [0.5, 0.6) is 0 Å².